The molecule has 3 aliphatic heterocycles. The molecule has 0 spiro atoms. The number of amides is 3. The van der Waals surface area contributed by atoms with E-state index in [2.05, 4.69) is 128 Å². The van der Waals surface area contributed by atoms with Gasteiger partial charge in [0.05, 0.1) is 71.4 Å². The van der Waals surface area contributed by atoms with Gasteiger partial charge in [-0.05, 0) is 128 Å². The van der Waals surface area contributed by atoms with Crippen LogP contribution in [0, 0.1) is 6.92 Å². The van der Waals surface area contributed by atoms with Crippen molar-refractivity contribution in [1.82, 2.24) is 104 Å². The van der Waals surface area contributed by atoms with Crippen LogP contribution in [0.25, 0.3) is 56.7 Å². The molecule has 28 heteroatoms. The van der Waals surface area contributed by atoms with Crippen LogP contribution in [-0.4, -0.2) is 241 Å². The van der Waals surface area contributed by atoms with Crippen LogP contribution in [0.3, 0.4) is 0 Å². The predicted molar refractivity (Wildman–Crippen MR) is 388 cm³/mol. The Morgan fingerprint density at radius 2 is 0.810 bits per heavy atom. The Kier molecular flexibility index (Phi) is 23.5. The first kappa shape index (κ1) is 69.4. The number of pyridine rings is 7. The fourth-order valence-corrected chi connectivity index (χ4v) is 11.9. The molecule has 14 heterocycles. The standard InChI is InChI=1S/C27H30N8O.C24H27N9O.C21H24BrN7O/c1-20-16-21(18-28-17-20)22-7-5-8-24(30-22)27(36)31-25-19-35(15-14-34-12-10-33(2)11-13-34)32-26(25)23-6-3-4-9-29-23;1-31-9-11-32(12-10-31)13-14-33-17-22(23(30-33)20-5-2-3-8-25-20)29-24(34)21-7-4-6-19(28-21)18-15-26-27-16-18;1-27-9-11-28(12-10-27)13-14-29-15-18(20(26-29)16-5-2-3-8-23-16)25-21(30)17-6-4-7-19(22)24-17/h3-9,16-19H,10-15H2,1-2H3,(H,31,36);2-8,15-17H,9-14H2,1H3,(H,26,27)(H,29,34);2-8,15H,9-14H2,1H3,(H,25,30). The number of hydrogen-bond acceptors (Lipinski definition) is 20. The summed E-state index contributed by atoms with van der Waals surface area (Å²) in [5.41, 5.74) is 11.0. The van der Waals surface area contributed by atoms with Gasteiger partial charge in [0.2, 0.25) is 0 Å². The minimum absolute atomic E-state index is 0.285. The Labute approximate surface area is 588 Å². The summed E-state index contributed by atoms with van der Waals surface area (Å²) in [6, 6.07) is 35.0. The zero-order valence-corrected chi connectivity index (χ0v) is 58.1. The maximum atomic E-state index is 13.2. The molecule has 0 radical (unpaired) electrons. The Balaban J connectivity index is 0.000000143. The Hall–Kier alpha value is -10.5. The highest BCUT2D eigenvalue weighted by atomic mass is 79.9. The van der Waals surface area contributed by atoms with Crippen molar-refractivity contribution in [2.24, 2.45) is 0 Å². The van der Waals surface area contributed by atoms with Gasteiger partial charge in [-0.25, -0.2) is 15.0 Å². The van der Waals surface area contributed by atoms with Crippen LogP contribution in [-0.2, 0) is 19.6 Å². The van der Waals surface area contributed by atoms with Crippen LogP contribution in [0.4, 0.5) is 17.1 Å². The van der Waals surface area contributed by atoms with Gasteiger partial charge < -0.3 is 30.7 Å². The summed E-state index contributed by atoms with van der Waals surface area (Å²) >= 11 is 3.31. The second kappa shape index (κ2) is 33.9. The number of rotatable bonds is 20. The summed E-state index contributed by atoms with van der Waals surface area (Å²) in [4.78, 5) is 84.3. The number of carbonyl (C=O) groups excluding carboxylic acids is 3. The maximum absolute atomic E-state index is 13.2. The smallest absolute Gasteiger partial charge is 0.274 e. The van der Waals surface area contributed by atoms with Crippen molar-refractivity contribution in [1.29, 1.82) is 0 Å². The molecule has 0 bridgehead atoms. The number of aromatic nitrogens is 15. The van der Waals surface area contributed by atoms with Crippen molar-refractivity contribution < 1.29 is 14.4 Å². The number of nitrogens with zero attached hydrogens (tertiary/aromatic N) is 20. The molecule has 0 unspecified atom stereocenters. The van der Waals surface area contributed by atoms with Crippen LogP contribution in [0.5, 0.6) is 0 Å². The fourth-order valence-electron chi connectivity index (χ4n) is 11.5. The molecule has 514 valence electrons. The third-order valence-corrected chi connectivity index (χ3v) is 17.8. The number of aromatic amines is 1. The summed E-state index contributed by atoms with van der Waals surface area (Å²) in [5, 5.41) is 29.9. The first-order valence-electron chi connectivity index (χ1n) is 33.4. The number of piperazine rings is 3. The molecule has 0 aromatic carbocycles. The van der Waals surface area contributed by atoms with E-state index in [1.54, 1.807) is 73.7 Å². The van der Waals surface area contributed by atoms with Gasteiger partial charge in [0.1, 0.15) is 38.8 Å². The van der Waals surface area contributed by atoms with E-state index in [0.29, 0.717) is 84.3 Å². The van der Waals surface area contributed by atoms with Crippen molar-refractivity contribution in [3.63, 3.8) is 0 Å². The van der Waals surface area contributed by atoms with Crippen molar-refractivity contribution >= 4 is 50.7 Å². The normalized spacial score (nSPS) is 14.9. The van der Waals surface area contributed by atoms with Gasteiger partial charge >= 0.3 is 0 Å². The quantitative estimate of drug-likeness (QED) is 0.0525. The van der Waals surface area contributed by atoms with Crippen LogP contribution < -0.4 is 16.0 Å². The summed E-state index contributed by atoms with van der Waals surface area (Å²) < 4.78 is 6.27. The van der Waals surface area contributed by atoms with Crippen LogP contribution in [0.1, 0.15) is 37.0 Å². The lowest BCUT2D eigenvalue weighted by Gasteiger charge is -2.32. The molecule has 3 amide bonds. The molecular weight excluding hydrogens is 1330 g/mol. The molecule has 0 saturated carbocycles. The van der Waals surface area contributed by atoms with Crippen molar-refractivity contribution in [3.8, 4) is 56.7 Å². The molecule has 11 aromatic heterocycles. The van der Waals surface area contributed by atoms with Gasteiger partial charge in [-0.3, -0.25) is 68.2 Å². The van der Waals surface area contributed by atoms with Crippen molar-refractivity contribution in [3.05, 3.63) is 204 Å². The molecule has 4 N–H and O–H groups in total. The Morgan fingerprint density at radius 1 is 0.430 bits per heavy atom. The van der Waals surface area contributed by atoms with E-state index in [9.17, 15) is 14.4 Å². The topological polar surface area (TPSA) is 279 Å². The minimum Gasteiger partial charge on any atom is -0.317 e. The molecule has 27 nitrogen and oxygen atoms in total. The third-order valence-electron chi connectivity index (χ3n) is 17.4. The van der Waals surface area contributed by atoms with E-state index in [1.165, 1.54) is 0 Å². The lowest BCUT2D eigenvalue weighted by molar-refractivity contribution is 0.101. The molecular formula is C72H81BrN24O3. The maximum Gasteiger partial charge on any atom is 0.274 e. The molecule has 3 aliphatic rings. The second-order valence-electron chi connectivity index (χ2n) is 24.8. The monoisotopic (exact) mass is 1410 g/mol. The molecule has 11 aromatic rings. The van der Waals surface area contributed by atoms with E-state index >= 15 is 0 Å². The largest absolute Gasteiger partial charge is 0.317 e. The molecule has 3 fully saturated rings. The van der Waals surface area contributed by atoms with Crippen LogP contribution in [0.2, 0.25) is 0 Å². The van der Waals surface area contributed by atoms with Gasteiger partial charge in [0, 0.05) is 165 Å². The van der Waals surface area contributed by atoms with E-state index < -0.39 is 0 Å². The number of hydrogen-bond donors (Lipinski definition) is 4. The molecule has 0 aliphatic carbocycles. The highest BCUT2D eigenvalue weighted by Gasteiger charge is 2.23. The first-order valence-corrected chi connectivity index (χ1v) is 34.2. The summed E-state index contributed by atoms with van der Waals surface area (Å²) in [6.07, 6.45) is 17.8. The minimum atomic E-state index is -0.304. The van der Waals surface area contributed by atoms with E-state index in [1.807, 2.05) is 124 Å². The van der Waals surface area contributed by atoms with E-state index in [4.69, 9.17) is 15.3 Å². The van der Waals surface area contributed by atoms with Crippen LogP contribution in [0.15, 0.2) is 182 Å². The van der Waals surface area contributed by atoms with Crippen molar-refractivity contribution in [2.75, 3.05) is 135 Å². The molecule has 0 atom stereocenters. The number of likely N-dealkylation sites (N-methyl/N-ethyl adjacent to an activating group) is 3. The van der Waals surface area contributed by atoms with Gasteiger partial charge in [-0.15, -0.1) is 0 Å². The van der Waals surface area contributed by atoms with E-state index in [-0.39, 0.29) is 17.7 Å². The number of aryl methyl sites for hydroxylation is 1. The summed E-state index contributed by atoms with van der Waals surface area (Å²) in [7, 11) is 6.46. The van der Waals surface area contributed by atoms with Gasteiger partial charge in [-0.1, -0.05) is 36.4 Å². The molecule has 3 saturated heterocycles. The molecule has 100 heavy (non-hydrogen) atoms. The predicted octanol–water partition coefficient (Wildman–Crippen LogP) is 8.04. The van der Waals surface area contributed by atoms with Crippen LogP contribution >= 0.6 is 15.9 Å². The fraction of sp³-hybridized carbons (Fsp3) is 0.306. The SMILES string of the molecule is CN1CCN(CCn2cc(NC(=O)c3cccc(-c4cn[nH]c4)n3)c(-c3ccccn3)n2)CC1.CN1CCN(CCn2cc(NC(=O)c3cccc(Br)n3)c(-c3ccccn3)n2)CC1.Cc1cncc(-c2cccc(C(=O)Nc3cn(CCN4CCN(C)CC4)nc3-c3ccccn3)n2)c1. The highest BCUT2D eigenvalue weighted by molar-refractivity contribution is 9.10. The van der Waals surface area contributed by atoms with Gasteiger partial charge in [0.25, 0.3) is 17.7 Å². The number of nitrogens with one attached hydrogen (secondary N) is 4. The lowest BCUT2D eigenvalue weighted by Crippen LogP contribution is -2.45. The summed E-state index contributed by atoms with van der Waals surface area (Å²) in [6.45, 7) is 19.7. The number of anilines is 3. The summed E-state index contributed by atoms with van der Waals surface area (Å²) in [5.74, 6) is -0.887. The third kappa shape index (κ3) is 19.0. The first-order chi connectivity index (χ1) is 48.8. The zero-order valence-electron chi connectivity index (χ0n) is 56.5. The zero-order chi connectivity index (χ0) is 69.2. The number of carbonyl (C=O) groups is 3. The number of H-pyrrole nitrogens is 1. The second-order valence-corrected chi connectivity index (χ2v) is 25.6. The van der Waals surface area contributed by atoms with Gasteiger partial charge in [-0.2, -0.15) is 20.4 Å². The van der Waals surface area contributed by atoms with Crippen molar-refractivity contribution in [2.45, 2.75) is 26.6 Å². The average Bonchev–Trinajstić information content (AvgIpc) is 1.64. The highest BCUT2D eigenvalue weighted by Crippen LogP contribution is 2.29. The Morgan fingerprint density at radius 3 is 1.17 bits per heavy atom. The lowest BCUT2D eigenvalue weighted by atomic mass is 10.1. The van der Waals surface area contributed by atoms with E-state index in [0.717, 1.165) is 134 Å². The molecule has 14 rings (SSSR count). The Bertz CT molecular complexity index is 4450. The number of halogens is 1. The van der Waals surface area contributed by atoms with Gasteiger partial charge in [0.15, 0.2) is 0 Å². The average molecular weight is 1410 g/mol.